The molecule has 276 valence electrons. The lowest BCUT2D eigenvalue weighted by Gasteiger charge is -2.33. The van der Waals surface area contributed by atoms with Crippen LogP contribution in [0.25, 0.3) is 0 Å². The first kappa shape index (κ1) is 39.8. The zero-order valence-corrected chi connectivity index (χ0v) is 30.5. The van der Waals surface area contributed by atoms with Crippen molar-refractivity contribution in [3.8, 4) is 0 Å². The first-order valence-electron chi connectivity index (χ1n) is 17.7. The summed E-state index contributed by atoms with van der Waals surface area (Å²) < 4.78 is 0. The van der Waals surface area contributed by atoms with Gasteiger partial charge >= 0.3 is 5.97 Å². The SMILES string of the molecule is CC(C)C[C@H](NC(=O)[C@H](CC(C)C)N1C(=O)[C@@H](NC(=O)CN2CCN(C)CC2)CC1C)C(=O)N[C@@H](CC(C)C)C(=O)ON1C(=O)CCC1=O. The number of hydrogen-bond acceptors (Lipinski definition) is 10. The number of carbonyl (C=O) groups excluding carboxylic acids is 7. The summed E-state index contributed by atoms with van der Waals surface area (Å²) in [5.74, 6) is -3.96. The molecule has 15 heteroatoms. The van der Waals surface area contributed by atoms with Crippen LogP contribution >= 0.6 is 0 Å². The predicted octanol–water partition coefficient (Wildman–Crippen LogP) is 0.423. The van der Waals surface area contributed by atoms with Crippen molar-refractivity contribution >= 4 is 41.4 Å². The van der Waals surface area contributed by atoms with Gasteiger partial charge in [-0.3, -0.25) is 33.7 Å². The van der Waals surface area contributed by atoms with Gasteiger partial charge in [-0.15, -0.1) is 5.06 Å². The third kappa shape index (κ3) is 11.5. The Hall–Kier alpha value is -3.59. The number of hydrogen-bond donors (Lipinski definition) is 3. The topological polar surface area (TPSA) is 178 Å². The van der Waals surface area contributed by atoms with Gasteiger partial charge in [-0.25, -0.2) is 4.79 Å². The Kier molecular flexibility index (Phi) is 14.5. The van der Waals surface area contributed by atoms with E-state index in [4.69, 9.17) is 4.84 Å². The van der Waals surface area contributed by atoms with E-state index in [0.717, 1.165) is 26.2 Å². The van der Waals surface area contributed by atoms with Gasteiger partial charge in [0.1, 0.15) is 24.2 Å². The smallest absolute Gasteiger partial charge is 0.343 e. The fourth-order valence-corrected chi connectivity index (χ4v) is 6.52. The molecule has 1 unspecified atom stereocenters. The van der Waals surface area contributed by atoms with Gasteiger partial charge in [-0.1, -0.05) is 41.5 Å². The standard InChI is InChI=1S/C34H57N7O8/c1-20(2)15-24(31(45)37-26(16-21(3)4)34(48)49-41-29(43)9-10-30(41)44)36-32(46)27(17-22(5)6)40-23(7)18-25(33(40)47)35-28(42)19-39-13-11-38(8)12-14-39/h20-27H,9-19H2,1-8H3,(H,35,42)(H,36,46)(H,37,45)/t23?,24-,25-,26-,27-/m0/s1. The second-order valence-corrected chi connectivity index (χ2v) is 15.0. The average Bonchev–Trinajstić information content (AvgIpc) is 3.46. The lowest BCUT2D eigenvalue weighted by molar-refractivity contribution is -0.199. The molecule has 0 bridgehead atoms. The fraction of sp³-hybridized carbons (Fsp3) is 0.794. The number of carbonyl (C=O) groups is 7. The molecule has 49 heavy (non-hydrogen) atoms. The van der Waals surface area contributed by atoms with Crippen LogP contribution in [-0.4, -0.2) is 131 Å². The van der Waals surface area contributed by atoms with Crippen LogP contribution in [0.3, 0.4) is 0 Å². The molecule has 0 radical (unpaired) electrons. The van der Waals surface area contributed by atoms with Crippen molar-refractivity contribution in [3.05, 3.63) is 0 Å². The third-order valence-electron chi connectivity index (χ3n) is 9.07. The van der Waals surface area contributed by atoms with Crippen LogP contribution in [-0.2, 0) is 38.4 Å². The van der Waals surface area contributed by atoms with Crippen molar-refractivity contribution in [3.63, 3.8) is 0 Å². The second kappa shape index (κ2) is 17.9. The largest absolute Gasteiger partial charge is 0.355 e. The Balaban J connectivity index is 1.73. The highest BCUT2D eigenvalue weighted by atomic mass is 16.7. The minimum absolute atomic E-state index is 0.0258. The fourth-order valence-electron chi connectivity index (χ4n) is 6.52. The van der Waals surface area contributed by atoms with E-state index in [1.54, 1.807) is 0 Å². The van der Waals surface area contributed by atoms with Gasteiger partial charge in [0.2, 0.25) is 23.6 Å². The zero-order valence-electron chi connectivity index (χ0n) is 30.5. The maximum absolute atomic E-state index is 14.0. The molecule has 5 atom stereocenters. The molecule has 0 spiro atoms. The van der Waals surface area contributed by atoms with Gasteiger partial charge < -0.3 is 30.6 Å². The maximum atomic E-state index is 14.0. The van der Waals surface area contributed by atoms with Gasteiger partial charge in [0.05, 0.1) is 6.54 Å². The molecule has 15 nitrogen and oxygen atoms in total. The Labute approximate surface area is 290 Å². The van der Waals surface area contributed by atoms with Crippen LogP contribution in [0.15, 0.2) is 0 Å². The molecule has 0 aromatic heterocycles. The van der Waals surface area contributed by atoms with E-state index in [2.05, 4.69) is 25.8 Å². The maximum Gasteiger partial charge on any atom is 0.355 e. The normalized spacial score (nSPS) is 22.6. The molecule has 0 saturated carbocycles. The van der Waals surface area contributed by atoms with E-state index in [0.29, 0.717) is 17.9 Å². The summed E-state index contributed by atoms with van der Waals surface area (Å²) in [6, 6.07) is -4.22. The second-order valence-electron chi connectivity index (χ2n) is 15.0. The highest BCUT2D eigenvalue weighted by molar-refractivity contribution is 6.02. The molecule has 3 N–H and O–H groups in total. The molecule has 3 fully saturated rings. The van der Waals surface area contributed by atoms with E-state index >= 15 is 0 Å². The quantitative estimate of drug-likeness (QED) is 0.192. The Morgan fingerprint density at radius 2 is 1.31 bits per heavy atom. The van der Waals surface area contributed by atoms with Gasteiger partial charge in [-0.05, 0) is 57.4 Å². The van der Waals surface area contributed by atoms with E-state index in [9.17, 15) is 33.6 Å². The molecule has 3 aliphatic heterocycles. The van der Waals surface area contributed by atoms with Crippen LogP contribution in [0.1, 0.15) is 87.0 Å². The van der Waals surface area contributed by atoms with Crippen molar-refractivity contribution in [2.24, 2.45) is 17.8 Å². The molecule has 0 aliphatic carbocycles. The molecule has 6 amide bonds. The Morgan fingerprint density at radius 1 is 0.776 bits per heavy atom. The van der Waals surface area contributed by atoms with Crippen LogP contribution in [0, 0.1) is 17.8 Å². The van der Waals surface area contributed by atoms with Crippen LogP contribution in [0.4, 0.5) is 0 Å². The number of likely N-dealkylation sites (N-methyl/N-ethyl adjacent to an activating group) is 1. The molecule has 3 heterocycles. The van der Waals surface area contributed by atoms with Crippen molar-refractivity contribution in [1.29, 1.82) is 0 Å². The number of rotatable bonds is 16. The summed E-state index contributed by atoms with van der Waals surface area (Å²) in [6.07, 6.45) is 0.977. The number of piperazine rings is 1. The Bertz CT molecular complexity index is 1220. The molecular formula is C34H57N7O8. The van der Waals surface area contributed by atoms with Crippen molar-refractivity contribution in [1.82, 2.24) is 35.7 Å². The van der Waals surface area contributed by atoms with Crippen LogP contribution in [0.2, 0.25) is 0 Å². The molecular weight excluding hydrogens is 634 g/mol. The van der Waals surface area contributed by atoms with Gasteiger partial charge in [-0.2, -0.15) is 0 Å². The highest BCUT2D eigenvalue weighted by Gasteiger charge is 2.45. The summed E-state index contributed by atoms with van der Waals surface area (Å²) in [7, 11) is 2.04. The number of imide groups is 1. The van der Waals surface area contributed by atoms with E-state index < -0.39 is 53.8 Å². The summed E-state index contributed by atoms with van der Waals surface area (Å²) >= 11 is 0. The first-order chi connectivity index (χ1) is 23.0. The third-order valence-corrected chi connectivity index (χ3v) is 9.07. The summed E-state index contributed by atoms with van der Waals surface area (Å²) in [5, 5.41) is 8.87. The number of hydroxylamine groups is 2. The average molecular weight is 692 g/mol. The number of nitrogens with one attached hydrogen (secondary N) is 3. The van der Waals surface area contributed by atoms with Gasteiger partial charge in [0.25, 0.3) is 11.8 Å². The van der Waals surface area contributed by atoms with Crippen LogP contribution in [0.5, 0.6) is 0 Å². The number of likely N-dealkylation sites (tertiary alicyclic amines) is 1. The van der Waals surface area contributed by atoms with E-state index in [1.165, 1.54) is 4.90 Å². The summed E-state index contributed by atoms with van der Waals surface area (Å²) in [5.41, 5.74) is 0. The highest BCUT2D eigenvalue weighted by Crippen LogP contribution is 2.26. The van der Waals surface area contributed by atoms with Gasteiger partial charge in [0, 0.05) is 45.1 Å². The van der Waals surface area contributed by atoms with Crippen molar-refractivity contribution in [2.45, 2.75) is 117 Å². The summed E-state index contributed by atoms with van der Waals surface area (Å²) in [4.78, 5) is 102. The predicted molar refractivity (Wildman–Crippen MR) is 180 cm³/mol. The molecule has 3 aliphatic rings. The number of amides is 6. The number of nitrogens with zero attached hydrogens (tertiary/aromatic N) is 4. The lowest BCUT2D eigenvalue weighted by atomic mass is 9.98. The van der Waals surface area contributed by atoms with Crippen molar-refractivity contribution < 1.29 is 38.4 Å². The minimum Gasteiger partial charge on any atom is -0.343 e. The van der Waals surface area contributed by atoms with Crippen LogP contribution < -0.4 is 16.0 Å². The molecule has 3 rings (SSSR count). The van der Waals surface area contributed by atoms with Crippen molar-refractivity contribution in [2.75, 3.05) is 39.8 Å². The summed E-state index contributed by atoms with van der Waals surface area (Å²) in [6.45, 7) is 16.7. The monoisotopic (exact) mass is 691 g/mol. The van der Waals surface area contributed by atoms with Gasteiger partial charge in [0.15, 0.2) is 0 Å². The molecule has 0 aromatic carbocycles. The van der Waals surface area contributed by atoms with E-state index in [-0.39, 0.29) is 67.8 Å². The molecule has 3 saturated heterocycles. The lowest BCUT2D eigenvalue weighted by Crippen LogP contribution is -2.58. The van der Waals surface area contributed by atoms with E-state index in [1.807, 2.05) is 55.5 Å². The zero-order chi connectivity index (χ0) is 36.6. The Morgan fingerprint density at radius 3 is 1.86 bits per heavy atom. The molecule has 0 aromatic rings. The first-order valence-corrected chi connectivity index (χ1v) is 17.7. The minimum atomic E-state index is -1.18.